The molecule has 16 heavy (non-hydrogen) atoms. The first-order chi connectivity index (χ1) is 7.72. The Labute approximate surface area is 98.2 Å². The number of pyridine rings is 1. The van der Waals surface area contributed by atoms with Crippen LogP contribution in [0.2, 0.25) is 0 Å². The SMILES string of the molecule is COc1ccc(CCCCNC(C)C)cn1. The van der Waals surface area contributed by atoms with Crippen molar-refractivity contribution in [2.45, 2.75) is 39.2 Å². The summed E-state index contributed by atoms with van der Waals surface area (Å²) in [5, 5.41) is 3.41. The van der Waals surface area contributed by atoms with Gasteiger partial charge in [0.2, 0.25) is 5.88 Å². The predicted molar refractivity (Wildman–Crippen MR) is 66.9 cm³/mol. The van der Waals surface area contributed by atoms with E-state index >= 15 is 0 Å². The molecule has 1 aromatic rings. The molecular weight excluding hydrogens is 200 g/mol. The number of aryl methyl sites for hydroxylation is 1. The van der Waals surface area contributed by atoms with Crippen LogP contribution < -0.4 is 10.1 Å². The second kappa shape index (κ2) is 7.23. The molecule has 0 radical (unpaired) electrons. The normalized spacial score (nSPS) is 10.8. The monoisotopic (exact) mass is 222 g/mol. The summed E-state index contributed by atoms with van der Waals surface area (Å²) in [6, 6.07) is 4.59. The minimum Gasteiger partial charge on any atom is -0.481 e. The van der Waals surface area contributed by atoms with Crippen molar-refractivity contribution in [2.75, 3.05) is 13.7 Å². The first-order valence-electron chi connectivity index (χ1n) is 5.94. The highest BCUT2D eigenvalue weighted by molar-refractivity contribution is 5.17. The summed E-state index contributed by atoms with van der Waals surface area (Å²) < 4.78 is 5.02. The van der Waals surface area contributed by atoms with Crippen LogP contribution in [0.5, 0.6) is 5.88 Å². The molecule has 1 N–H and O–H groups in total. The first-order valence-corrected chi connectivity index (χ1v) is 5.94. The lowest BCUT2D eigenvalue weighted by atomic mass is 10.1. The van der Waals surface area contributed by atoms with E-state index in [9.17, 15) is 0 Å². The molecule has 0 aliphatic rings. The molecule has 90 valence electrons. The van der Waals surface area contributed by atoms with Crippen molar-refractivity contribution < 1.29 is 4.74 Å². The zero-order valence-corrected chi connectivity index (χ0v) is 10.5. The van der Waals surface area contributed by atoms with E-state index in [1.165, 1.54) is 18.4 Å². The number of unbranched alkanes of at least 4 members (excludes halogenated alkanes) is 1. The Bertz CT molecular complexity index is 282. The van der Waals surface area contributed by atoms with Gasteiger partial charge in [-0.2, -0.15) is 0 Å². The topological polar surface area (TPSA) is 34.1 Å². The molecule has 0 saturated heterocycles. The van der Waals surface area contributed by atoms with Gasteiger partial charge in [-0.1, -0.05) is 19.9 Å². The van der Waals surface area contributed by atoms with Crippen LogP contribution in [0.1, 0.15) is 32.3 Å². The Balaban J connectivity index is 2.16. The lowest BCUT2D eigenvalue weighted by Gasteiger charge is -2.07. The zero-order valence-electron chi connectivity index (χ0n) is 10.5. The fraction of sp³-hybridized carbons (Fsp3) is 0.615. The number of hydrogen-bond acceptors (Lipinski definition) is 3. The van der Waals surface area contributed by atoms with Crippen LogP contribution in [-0.2, 0) is 6.42 Å². The van der Waals surface area contributed by atoms with Crippen molar-refractivity contribution in [1.82, 2.24) is 10.3 Å². The largest absolute Gasteiger partial charge is 0.481 e. The average Bonchev–Trinajstić information content (AvgIpc) is 2.29. The molecule has 0 atom stereocenters. The third-order valence-corrected chi connectivity index (χ3v) is 2.45. The number of ether oxygens (including phenoxy) is 1. The lowest BCUT2D eigenvalue weighted by Crippen LogP contribution is -2.23. The molecule has 0 aliphatic carbocycles. The van der Waals surface area contributed by atoms with Crippen LogP contribution in [0.3, 0.4) is 0 Å². The van der Waals surface area contributed by atoms with Gasteiger partial charge in [0.1, 0.15) is 0 Å². The molecule has 0 spiro atoms. The van der Waals surface area contributed by atoms with Crippen molar-refractivity contribution >= 4 is 0 Å². The molecule has 0 aliphatic heterocycles. The Morgan fingerprint density at radius 1 is 1.31 bits per heavy atom. The summed E-state index contributed by atoms with van der Waals surface area (Å²) >= 11 is 0. The van der Waals surface area contributed by atoms with E-state index < -0.39 is 0 Å². The Kier molecular flexibility index (Phi) is 5.86. The van der Waals surface area contributed by atoms with E-state index in [0.717, 1.165) is 13.0 Å². The summed E-state index contributed by atoms with van der Waals surface area (Å²) in [5.74, 6) is 0.685. The Morgan fingerprint density at radius 2 is 2.12 bits per heavy atom. The van der Waals surface area contributed by atoms with Crippen LogP contribution >= 0.6 is 0 Å². The lowest BCUT2D eigenvalue weighted by molar-refractivity contribution is 0.397. The minimum atomic E-state index is 0.586. The number of nitrogens with zero attached hydrogens (tertiary/aromatic N) is 1. The molecule has 0 fully saturated rings. The molecule has 0 amide bonds. The predicted octanol–water partition coefficient (Wildman–Crippen LogP) is 2.41. The fourth-order valence-electron chi connectivity index (χ4n) is 1.52. The van der Waals surface area contributed by atoms with Gasteiger partial charge in [-0.25, -0.2) is 4.98 Å². The molecule has 0 unspecified atom stereocenters. The van der Waals surface area contributed by atoms with Crippen LogP contribution in [-0.4, -0.2) is 24.7 Å². The summed E-state index contributed by atoms with van der Waals surface area (Å²) in [7, 11) is 1.64. The Hall–Kier alpha value is -1.09. The van der Waals surface area contributed by atoms with E-state index in [4.69, 9.17) is 4.74 Å². The standard InChI is InChI=1S/C13H22N2O/c1-11(2)14-9-5-4-6-12-7-8-13(16-3)15-10-12/h7-8,10-11,14H,4-6,9H2,1-3H3. The quantitative estimate of drug-likeness (QED) is 0.719. The third kappa shape index (κ3) is 5.12. The maximum absolute atomic E-state index is 5.02. The van der Waals surface area contributed by atoms with E-state index in [2.05, 4.69) is 30.2 Å². The number of methoxy groups -OCH3 is 1. The van der Waals surface area contributed by atoms with Gasteiger partial charge in [0.25, 0.3) is 0 Å². The fourth-order valence-corrected chi connectivity index (χ4v) is 1.52. The molecular formula is C13H22N2O. The number of nitrogens with one attached hydrogen (secondary N) is 1. The second-order valence-corrected chi connectivity index (χ2v) is 4.27. The van der Waals surface area contributed by atoms with Gasteiger partial charge in [-0.3, -0.25) is 0 Å². The van der Waals surface area contributed by atoms with Gasteiger partial charge in [0, 0.05) is 18.3 Å². The van der Waals surface area contributed by atoms with Gasteiger partial charge in [-0.05, 0) is 31.4 Å². The van der Waals surface area contributed by atoms with E-state index in [-0.39, 0.29) is 0 Å². The summed E-state index contributed by atoms with van der Waals surface area (Å²) in [6.45, 7) is 5.45. The number of rotatable bonds is 7. The van der Waals surface area contributed by atoms with Gasteiger partial charge in [0.05, 0.1) is 7.11 Å². The highest BCUT2D eigenvalue weighted by Gasteiger charge is 1.96. The number of aromatic nitrogens is 1. The highest BCUT2D eigenvalue weighted by atomic mass is 16.5. The highest BCUT2D eigenvalue weighted by Crippen LogP contribution is 2.09. The second-order valence-electron chi connectivity index (χ2n) is 4.27. The van der Waals surface area contributed by atoms with E-state index in [1.807, 2.05) is 12.3 Å². The molecule has 3 heteroatoms. The maximum atomic E-state index is 5.02. The zero-order chi connectivity index (χ0) is 11.8. The minimum absolute atomic E-state index is 0.586. The molecule has 3 nitrogen and oxygen atoms in total. The maximum Gasteiger partial charge on any atom is 0.212 e. The first kappa shape index (κ1) is 13.0. The summed E-state index contributed by atoms with van der Waals surface area (Å²) in [6.07, 6.45) is 5.41. The van der Waals surface area contributed by atoms with Gasteiger partial charge in [0.15, 0.2) is 0 Å². The molecule has 1 heterocycles. The Morgan fingerprint density at radius 3 is 2.69 bits per heavy atom. The summed E-state index contributed by atoms with van der Waals surface area (Å²) in [4.78, 5) is 4.19. The van der Waals surface area contributed by atoms with Crippen molar-refractivity contribution in [3.8, 4) is 5.88 Å². The molecule has 0 aromatic carbocycles. The number of hydrogen-bond donors (Lipinski definition) is 1. The van der Waals surface area contributed by atoms with Crippen LogP contribution in [0.15, 0.2) is 18.3 Å². The van der Waals surface area contributed by atoms with E-state index in [1.54, 1.807) is 7.11 Å². The van der Waals surface area contributed by atoms with E-state index in [0.29, 0.717) is 11.9 Å². The third-order valence-electron chi connectivity index (χ3n) is 2.45. The van der Waals surface area contributed by atoms with Crippen molar-refractivity contribution in [2.24, 2.45) is 0 Å². The van der Waals surface area contributed by atoms with Crippen LogP contribution in [0, 0.1) is 0 Å². The van der Waals surface area contributed by atoms with Crippen molar-refractivity contribution in [1.29, 1.82) is 0 Å². The van der Waals surface area contributed by atoms with Gasteiger partial charge >= 0.3 is 0 Å². The van der Waals surface area contributed by atoms with Crippen LogP contribution in [0.4, 0.5) is 0 Å². The molecule has 0 saturated carbocycles. The summed E-state index contributed by atoms with van der Waals surface area (Å²) in [5.41, 5.74) is 1.28. The molecule has 1 aromatic heterocycles. The smallest absolute Gasteiger partial charge is 0.212 e. The van der Waals surface area contributed by atoms with Crippen molar-refractivity contribution in [3.05, 3.63) is 23.9 Å². The van der Waals surface area contributed by atoms with Crippen LogP contribution in [0.25, 0.3) is 0 Å². The molecule has 0 bridgehead atoms. The molecule has 1 rings (SSSR count). The van der Waals surface area contributed by atoms with Gasteiger partial charge < -0.3 is 10.1 Å². The van der Waals surface area contributed by atoms with Crippen molar-refractivity contribution in [3.63, 3.8) is 0 Å². The van der Waals surface area contributed by atoms with Gasteiger partial charge in [-0.15, -0.1) is 0 Å². The average molecular weight is 222 g/mol.